The van der Waals surface area contributed by atoms with Gasteiger partial charge in [0.1, 0.15) is 104 Å². The molecular formula is C116H80N4O20. The van der Waals surface area contributed by atoms with Crippen LogP contribution in [0.5, 0.6) is 92.0 Å². The highest BCUT2D eigenvalue weighted by Crippen LogP contribution is 2.59. The summed E-state index contributed by atoms with van der Waals surface area (Å²) in [7, 11) is 0. The highest BCUT2D eigenvalue weighted by molar-refractivity contribution is 6.45. The van der Waals surface area contributed by atoms with Crippen LogP contribution < -0.4 is 48.5 Å². The van der Waals surface area contributed by atoms with Crippen LogP contribution in [0.1, 0.15) is 87.3 Å². The SMILES string of the molecule is O=C(Nc1cccc2ccccc12)C(c1ccco1)N1C(=O)c2cc(Oc3ccc(Oc4cccc(CC5CO5)c4)cc3)c3c4c(Oc5ccc(Oc6cccc(CC7CO7)c6)cc5)cc5c6c(cc(Oc7ccc(Oc8cccc(CC9CO9)c8)cc7)c(c7c(Oc8ccc(Oc9cccc(CC%10CO%10)c9)cc8)cc(c2c37)C1=O)c64)C(=O)N(C(C(=O)Nc1cccc2ccccc12)c1ccco1)C5=O. The number of hydrogen-bond acceptors (Lipinski definition) is 20. The maximum Gasteiger partial charge on any atom is 0.262 e. The van der Waals surface area contributed by atoms with Gasteiger partial charge >= 0.3 is 0 Å². The number of carbonyl (C=O) groups excluding carboxylic acids is 6. The molecule has 25 rings (SSSR count). The first kappa shape index (κ1) is 84.3. The normalized spacial score (nSPS) is 16.5. The van der Waals surface area contributed by atoms with Gasteiger partial charge in [-0.05, 0) is 239 Å². The minimum absolute atomic E-state index is 0.0466. The van der Waals surface area contributed by atoms with Gasteiger partial charge < -0.3 is 76.3 Å². The third-order valence-electron chi connectivity index (χ3n) is 25.9. The predicted octanol–water partition coefficient (Wildman–Crippen LogP) is 25.3. The lowest BCUT2D eigenvalue weighted by molar-refractivity contribution is -0.121. The predicted molar refractivity (Wildman–Crippen MR) is 523 cm³/mol. The highest BCUT2D eigenvalue weighted by Gasteiger charge is 2.49. The van der Waals surface area contributed by atoms with Crippen molar-refractivity contribution in [3.63, 3.8) is 0 Å². The molecule has 0 bridgehead atoms. The molecule has 684 valence electrons. The van der Waals surface area contributed by atoms with Crippen molar-refractivity contribution < 1.29 is 94.4 Å². The topological polar surface area (TPSA) is 283 Å². The minimum Gasteiger partial charge on any atom is -0.467 e. The molecule has 24 heteroatoms. The number of nitrogens with zero attached hydrogens (tertiary/aromatic N) is 2. The van der Waals surface area contributed by atoms with Crippen molar-refractivity contribution in [3.8, 4) is 92.0 Å². The molecule has 6 aliphatic rings. The molecule has 24 nitrogen and oxygen atoms in total. The highest BCUT2D eigenvalue weighted by atomic mass is 16.6. The summed E-state index contributed by atoms with van der Waals surface area (Å²) in [5.74, 6) is -1.01. The minimum atomic E-state index is -1.81. The van der Waals surface area contributed by atoms with Crippen molar-refractivity contribution in [1.29, 1.82) is 0 Å². The van der Waals surface area contributed by atoms with Crippen molar-refractivity contribution in [3.05, 3.63) is 396 Å². The number of rotatable bonds is 32. The second kappa shape index (κ2) is 35.0. The number of ether oxygens (including phenoxy) is 12. The molecule has 17 aromatic carbocycles. The van der Waals surface area contributed by atoms with E-state index in [1.807, 2.05) is 158 Å². The number of hydrogen-bond donors (Lipinski definition) is 2. The van der Waals surface area contributed by atoms with Crippen LogP contribution in [-0.4, -0.2) is 96.1 Å². The van der Waals surface area contributed by atoms with Crippen LogP contribution in [0.3, 0.4) is 0 Å². The Bertz CT molecular complexity index is 7370. The van der Waals surface area contributed by atoms with E-state index in [0.29, 0.717) is 120 Å². The molecular weight excluding hydrogens is 1770 g/mol. The monoisotopic (exact) mass is 1850 g/mol. The summed E-state index contributed by atoms with van der Waals surface area (Å²) in [6, 6.07) is 93.0. The number of imide groups is 2. The summed E-state index contributed by atoms with van der Waals surface area (Å²) in [5.41, 5.74) is 4.31. The Labute approximate surface area is 798 Å². The third-order valence-corrected chi connectivity index (χ3v) is 25.9. The van der Waals surface area contributed by atoms with E-state index >= 15 is 28.8 Å². The molecule has 2 aromatic heterocycles. The number of benzene rings is 17. The fourth-order valence-electron chi connectivity index (χ4n) is 19.1. The molecule has 0 aliphatic carbocycles. The van der Waals surface area contributed by atoms with E-state index in [1.165, 1.54) is 48.9 Å². The van der Waals surface area contributed by atoms with Crippen molar-refractivity contribution >= 4 is 111 Å². The van der Waals surface area contributed by atoms with Gasteiger partial charge in [0.15, 0.2) is 12.1 Å². The van der Waals surface area contributed by atoms with E-state index in [9.17, 15) is 0 Å². The standard InChI is InChI=1S/C116H80N4O20/c121-111(117-93-27-9-19-69-17-1-3-25-87(69)93)109(95-29-11-47-127-95)119-113(123)89-57-97(137-75-39-31-71(32-40-75)133-79-21-5-13-65(49-79)53-83-61-129-83)103-105-99(139-77-43-35-73(36-44-77)135-81-23-7-15-67(51-81)55-85-63-131-85)59-91-102-92(116(126)120(115(91)125)110(96-30-12-48-128-96)112(122)118-94-28-10-20-70-18-2-4-26-88(70)94)60-100(140-78-45-37-74(38-46-78)136-82-24-8-16-68(52-82)56-86-64-132-86)106(108(102)105)104-98(58-90(114(119)124)101(89)107(103)104)138-76-41-33-72(34-42-76)134-80-22-6-14-66(50-80)54-84-62-130-84/h1-52,57-60,83-86,109-110H,53-56,61-64H2,(H,117,121)(H,118,122). The van der Waals surface area contributed by atoms with Crippen LogP contribution in [0.4, 0.5) is 11.4 Å². The molecule has 8 heterocycles. The van der Waals surface area contributed by atoms with E-state index in [2.05, 4.69) is 10.6 Å². The van der Waals surface area contributed by atoms with Crippen LogP contribution >= 0.6 is 0 Å². The van der Waals surface area contributed by atoms with Gasteiger partial charge in [-0.3, -0.25) is 38.6 Å². The summed E-state index contributed by atoms with van der Waals surface area (Å²) in [6.45, 7) is 2.70. The molecule has 6 atom stereocenters. The molecule has 2 N–H and O–H groups in total. The lowest BCUT2D eigenvalue weighted by atomic mass is 9.80. The molecule has 4 saturated heterocycles. The molecule has 6 aliphatic heterocycles. The summed E-state index contributed by atoms with van der Waals surface area (Å²) in [6.07, 6.45) is 6.04. The first-order chi connectivity index (χ1) is 68.7. The molecule has 0 spiro atoms. The fraction of sp³-hybridized carbons (Fsp3) is 0.121. The molecule has 4 fully saturated rings. The van der Waals surface area contributed by atoms with Gasteiger partial charge in [0.25, 0.3) is 35.4 Å². The number of carbonyl (C=O) groups is 6. The first-order valence-corrected chi connectivity index (χ1v) is 46.1. The summed E-state index contributed by atoms with van der Waals surface area (Å²) in [4.78, 5) is 102. The van der Waals surface area contributed by atoms with E-state index in [-0.39, 0.29) is 147 Å². The van der Waals surface area contributed by atoms with Crippen molar-refractivity contribution in [1.82, 2.24) is 9.80 Å². The number of anilines is 2. The van der Waals surface area contributed by atoms with Crippen molar-refractivity contribution in [2.45, 2.75) is 62.2 Å². The Morgan fingerprint density at radius 1 is 0.271 bits per heavy atom. The van der Waals surface area contributed by atoms with Crippen molar-refractivity contribution in [2.24, 2.45) is 0 Å². The second-order valence-electron chi connectivity index (χ2n) is 35.4. The third kappa shape index (κ3) is 16.6. The van der Waals surface area contributed by atoms with Gasteiger partial charge in [-0.1, -0.05) is 121 Å². The Balaban J connectivity index is 0.743. The molecule has 0 radical (unpaired) electrons. The molecule has 140 heavy (non-hydrogen) atoms. The average Bonchev–Trinajstić information content (AvgIpc) is 1.62. The number of epoxide rings is 4. The zero-order valence-corrected chi connectivity index (χ0v) is 74.5. The van der Waals surface area contributed by atoms with Crippen LogP contribution in [0, 0.1) is 0 Å². The van der Waals surface area contributed by atoms with E-state index < -0.39 is 47.5 Å². The summed E-state index contributed by atoms with van der Waals surface area (Å²) < 4.78 is 91.1. The lowest BCUT2D eigenvalue weighted by Crippen LogP contribution is -2.47. The first-order valence-electron chi connectivity index (χ1n) is 46.1. The Hall–Kier alpha value is -17.4. The molecule has 0 saturated carbocycles. The van der Waals surface area contributed by atoms with Crippen LogP contribution in [0.2, 0.25) is 0 Å². The van der Waals surface area contributed by atoms with Crippen LogP contribution in [0.25, 0.3) is 64.6 Å². The molecule has 6 unspecified atom stereocenters. The zero-order chi connectivity index (χ0) is 93.7. The number of amides is 6. The Morgan fingerprint density at radius 2 is 0.529 bits per heavy atom. The van der Waals surface area contributed by atoms with Gasteiger partial charge in [0.2, 0.25) is 0 Å². The maximum atomic E-state index is 17.2. The summed E-state index contributed by atoms with van der Waals surface area (Å²) in [5, 5.41) is 10.0. The van der Waals surface area contributed by atoms with Crippen LogP contribution in [0.15, 0.2) is 349 Å². The average molecular weight is 1850 g/mol. The van der Waals surface area contributed by atoms with Gasteiger partial charge in [0.05, 0.1) is 85.6 Å². The van der Waals surface area contributed by atoms with E-state index in [0.717, 1.165) is 42.8 Å². The van der Waals surface area contributed by atoms with Gasteiger partial charge in [-0.25, -0.2) is 0 Å². The Kier molecular flexibility index (Phi) is 21.1. The smallest absolute Gasteiger partial charge is 0.262 e. The number of furan rings is 2. The largest absolute Gasteiger partial charge is 0.467 e. The fourth-order valence-corrected chi connectivity index (χ4v) is 19.1. The van der Waals surface area contributed by atoms with Crippen LogP contribution in [-0.2, 0) is 54.2 Å². The number of nitrogens with one attached hydrogen (secondary N) is 2. The quantitative estimate of drug-likeness (QED) is 0.0171. The maximum absolute atomic E-state index is 17.2. The summed E-state index contributed by atoms with van der Waals surface area (Å²) >= 11 is 0. The van der Waals surface area contributed by atoms with Gasteiger partial charge in [-0.2, -0.15) is 0 Å². The van der Waals surface area contributed by atoms with Gasteiger partial charge in [0, 0.05) is 90.9 Å². The number of fused-ring (bicyclic) bond motifs is 4. The second-order valence-corrected chi connectivity index (χ2v) is 35.4. The van der Waals surface area contributed by atoms with Crippen molar-refractivity contribution in [2.75, 3.05) is 37.1 Å². The zero-order valence-electron chi connectivity index (χ0n) is 74.5. The lowest BCUT2D eigenvalue weighted by Gasteiger charge is -2.35. The Morgan fingerprint density at radius 3 is 0.793 bits per heavy atom. The van der Waals surface area contributed by atoms with E-state index in [1.54, 1.807) is 133 Å². The van der Waals surface area contributed by atoms with E-state index in [4.69, 9.17) is 65.7 Å². The molecule has 6 amide bonds. The molecule has 19 aromatic rings. The van der Waals surface area contributed by atoms with Gasteiger partial charge in [-0.15, -0.1) is 0 Å².